The van der Waals surface area contributed by atoms with Crippen molar-refractivity contribution in [1.29, 1.82) is 0 Å². The molecule has 2 rings (SSSR count). The van der Waals surface area contributed by atoms with E-state index in [-0.39, 0.29) is 5.91 Å². The second-order valence-corrected chi connectivity index (χ2v) is 7.32. The fourth-order valence-electron chi connectivity index (χ4n) is 3.14. The van der Waals surface area contributed by atoms with Gasteiger partial charge >= 0.3 is 0 Å². The lowest BCUT2D eigenvalue weighted by molar-refractivity contribution is -0.131. The van der Waals surface area contributed by atoms with Gasteiger partial charge in [0.15, 0.2) is 6.10 Å². The number of hydrazone groups is 1. The van der Waals surface area contributed by atoms with Gasteiger partial charge in [-0.1, -0.05) is 51.1 Å². The highest BCUT2D eigenvalue weighted by Gasteiger charge is 2.28. The zero-order valence-electron chi connectivity index (χ0n) is 14.6. The Kier molecular flexibility index (Phi) is 5.94. The summed E-state index contributed by atoms with van der Waals surface area (Å²) in [6, 6.07) is 9.48. The van der Waals surface area contributed by atoms with Crippen LogP contribution in [-0.2, 0) is 9.53 Å². The molecule has 1 aromatic rings. The van der Waals surface area contributed by atoms with Crippen LogP contribution in [0.5, 0.6) is 0 Å². The summed E-state index contributed by atoms with van der Waals surface area (Å²) < 4.78 is 5.32. The van der Waals surface area contributed by atoms with Gasteiger partial charge in [-0.25, -0.2) is 5.43 Å². The molecule has 0 aliphatic heterocycles. The number of methoxy groups -OCH3 is 1. The predicted molar refractivity (Wildman–Crippen MR) is 93.2 cm³/mol. The summed E-state index contributed by atoms with van der Waals surface area (Å²) in [5.74, 6) is 0.511. The predicted octanol–water partition coefficient (Wildman–Crippen LogP) is 4.08. The third-order valence-corrected chi connectivity index (χ3v) is 4.69. The molecular weight excluding hydrogens is 288 g/mol. The van der Waals surface area contributed by atoms with Gasteiger partial charge in [-0.15, -0.1) is 0 Å². The first-order chi connectivity index (χ1) is 10.9. The van der Waals surface area contributed by atoms with E-state index in [0.717, 1.165) is 42.9 Å². The second kappa shape index (κ2) is 7.73. The highest BCUT2D eigenvalue weighted by molar-refractivity contribution is 5.88. The van der Waals surface area contributed by atoms with E-state index < -0.39 is 6.10 Å². The van der Waals surface area contributed by atoms with Crippen molar-refractivity contribution >= 4 is 11.6 Å². The van der Waals surface area contributed by atoms with Crippen LogP contribution < -0.4 is 5.43 Å². The van der Waals surface area contributed by atoms with E-state index in [4.69, 9.17) is 4.74 Å². The third-order valence-electron chi connectivity index (χ3n) is 4.69. The molecule has 23 heavy (non-hydrogen) atoms. The SMILES string of the molecule is CO[C@@H](C(=O)NN=C1CCC(C(C)(C)C)CC1)c1ccccc1. The van der Waals surface area contributed by atoms with Crippen molar-refractivity contribution in [2.75, 3.05) is 7.11 Å². The Bertz CT molecular complexity index is 536. The van der Waals surface area contributed by atoms with Crippen LogP contribution in [0.1, 0.15) is 58.1 Å². The van der Waals surface area contributed by atoms with E-state index in [1.807, 2.05) is 30.3 Å². The number of rotatable bonds is 4. The molecule has 0 aromatic heterocycles. The van der Waals surface area contributed by atoms with Crippen LogP contribution in [0.2, 0.25) is 0 Å². The maximum Gasteiger partial charge on any atom is 0.273 e. The van der Waals surface area contributed by atoms with Crippen molar-refractivity contribution in [2.24, 2.45) is 16.4 Å². The van der Waals surface area contributed by atoms with E-state index in [9.17, 15) is 4.79 Å². The summed E-state index contributed by atoms with van der Waals surface area (Å²) >= 11 is 0. The van der Waals surface area contributed by atoms with Gasteiger partial charge in [-0.3, -0.25) is 4.79 Å². The number of hydrogen-bond acceptors (Lipinski definition) is 3. The molecule has 0 bridgehead atoms. The molecular formula is C19H28N2O2. The molecule has 1 atom stereocenters. The van der Waals surface area contributed by atoms with Crippen molar-refractivity contribution < 1.29 is 9.53 Å². The molecule has 0 heterocycles. The molecule has 1 N–H and O–H groups in total. The largest absolute Gasteiger partial charge is 0.367 e. The van der Waals surface area contributed by atoms with E-state index in [0.29, 0.717) is 5.41 Å². The Hall–Kier alpha value is -1.68. The molecule has 0 radical (unpaired) electrons. The first kappa shape index (κ1) is 17.7. The fourth-order valence-corrected chi connectivity index (χ4v) is 3.14. The molecule has 1 fully saturated rings. The van der Waals surface area contributed by atoms with Crippen molar-refractivity contribution in [3.05, 3.63) is 35.9 Å². The lowest BCUT2D eigenvalue weighted by Crippen LogP contribution is -2.30. The standard InChI is InChI=1S/C19H28N2O2/c1-19(2,3)15-10-12-16(13-11-15)20-21-18(22)17(23-4)14-8-6-5-7-9-14/h5-9,15,17H,10-13H2,1-4H3,(H,21,22)/t15?,17-/m1/s1. The molecule has 1 aliphatic rings. The highest BCUT2D eigenvalue weighted by Crippen LogP contribution is 2.36. The number of hydrogen-bond donors (Lipinski definition) is 1. The summed E-state index contributed by atoms with van der Waals surface area (Å²) in [5.41, 5.74) is 4.95. The quantitative estimate of drug-likeness (QED) is 0.851. The van der Waals surface area contributed by atoms with Gasteiger partial charge in [0, 0.05) is 12.8 Å². The molecule has 126 valence electrons. The Balaban J connectivity index is 1.91. The number of ether oxygens (including phenoxy) is 1. The minimum absolute atomic E-state index is 0.218. The van der Waals surface area contributed by atoms with E-state index in [1.165, 1.54) is 0 Å². The molecule has 0 unspecified atom stereocenters. The number of benzene rings is 1. The number of carbonyl (C=O) groups excluding carboxylic acids is 1. The lowest BCUT2D eigenvalue weighted by atomic mass is 9.72. The maximum absolute atomic E-state index is 12.3. The molecule has 1 saturated carbocycles. The molecule has 1 amide bonds. The van der Waals surface area contributed by atoms with Gasteiger partial charge in [-0.05, 0) is 42.6 Å². The second-order valence-electron chi connectivity index (χ2n) is 7.32. The average Bonchev–Trinajstić information content (AvgIpc) is 2.54. The number of nitrogens with zero attached hydrogens (tertiary/aromatic N) is 1. The Morgan fingerprint density at radius 2 is 1.83 bits per heavy atom. The van der Waals surface area contributed by atoms with Gasteiger partial charge in [0.25, 0.3) is 5.91 Å². The van der Waals surface area contributed by atoms with Crippen molar-refractivity contribution in [1.82, 2.24) is 5.43 Å². The van der Waals surface area contributed by atoms with E-state index in [2.05, 4.69) is 31.3 Å². The minimum Gasteiger partial charge on any atom is -0.367 e. The van der Waals surface area contributed by atoms with Crippen LogP contribution in [0.3, 0.4) is 0 Å². The van der Waals surface area contributed by atoms with Crippen LogP contribution in [0.4, 0.5) is 0 Å². The van der Waals surface area contributed by atoms with Crippen molar-refractivity contribution in [3.63, 3.8) is 0 Å². The summed E-state index contributed by atoms with van der Waals surface area (Å²) in [7, 11) is 1.54. The van der Waals surface area contributed by atoms with E-state index in [1.54, 1.807) is 7.11 Å². The van der Waals surface area contributed by atoms with Crippen LogP contribution >= 0.6 is 0 Å². The Morgan fingerprint density at radius 1 is 1.22 bits per heavy atom. The average molecular weight is 316 g/mol. The zero-order chi connectivity index (χ0) is 16.9. The van der Waals surface area contributed by atoms with Gasteiger partial charge in [-0.2, -0.15) is 5.10 Å². The summed E-state index contributed by atoms with van der Waals surface area (Å²) in [6.07, 6.45) is 3.59. The monoisotopic (exact) mass is 316 g/mol. The normalized spacial score (nSPS) is 20.0. The van der Waals surface area contributed by atoms with Crippen LogP contribution in [0.25, 0.3) is 0 Å². The number of nitrogens with one attached hydrogen (secondary N) is 1. The van der Waals surface area contributed by atoms with Crippen LogP contribution in [0, 0.1) is 11.3 Å². The van der Waals surface area contributed by atoms with Crippen molar-refractivity contribution in [3.8, 4) is 0 Å². The first-order valence-corrected chi connectivity index (χ1v) is 8.35. The van der Waals surface area contributed by atoms with Crippen LogP contribution in [-0.4, -0.2) is 18.7 Å². The number of carbonyl (C=O) groups is 1. The molecule has 0 spiro atoms. The van der Waals surface area contributed by atoms with Gasteiger partial charge < -0.3 is 4.74 Å². The molecule has 4 nitrogen and oxygen atoms in total. The zero-order valence-corrected chi connectivity index (χ0v) is 14.6. The Labute approximate surface area is 139 Å². The third kappa shape index (κ3) is 4.90. The topological polar surface area (TPSA) is 50.7 Å². The van der Waals surface area contributed by atoms with Crippen LogP contribution in [0.15, 0.2) is 35.4 Å². The highest BCUT2D eigenvalue weighted by atomic mass is 16.5. The van der Waals surface area contributed by atoms with Gasteiger partial charge in [0.05, 0.1) is 0 Å². The fraction of sp³-hybridized carbons (Fsp3) is 0.579. The molecule has 1 aliphatic carbocycles. The maximum atomic E-state index is 12.3. The molecule has 1 aromatic carbocycles. The summed E-state index contributed by atoms with van der Waals surface area (Å²) in [4.78, 5) is 12.3. The van der Waals surface area contributed by atoms with Gasteiger partial charge in [0.1, 0.15) is 0 Å². The number of amides is 1. The summed E-state index contributed by atoms with van der Waals surface area (Å²) in [5, 5.41) is 4.33. The lowest BCUT2D eigenvalue weighted by Gasteiger charge is -2.34. The first-order valence-electron chi connectivity index (χ1n) is 8.35. The van der Waals surface area contributed by atoms with E-state index >= 15 is 0 Å². The molecule has 0 saturated heterocycles. The smallest absolute Gasteiger partial charge is 0.273 e. The Morgan fingerprint density at radius 3 is 2.35 bits per heavy atom. The summed E-state index contributed by atoms with van der Waals surface area (Å²) in [6.45, 7) is 6.89. The minimum atomic E-state index is -0.619. The molecule has 4 heteroatoms. The van der Waals surface area contributed by atoms with Gasteiger partial charge in [0.2, 0.25) is 0 Å². The van der Waals surface area contributed by atoms with Crippen molar-refractivity contribution in [2.45, 2.75) is 52.6 Å².